The number of hydrogen-bond donors (Lipinski definition) is 1. The van der Waals surface area contributed by atoms with Crippen LogP contribution in [0.25, 0.3) is 10.9 Å². The highest BCUT2D eigenvalue weighted by molar-refractivity contribution is 7.07. The van der Waals surface area contributed by atoms with Crippen LogP contribution in [0.15, 0.2) is 47.3 Å². The number of rotatable bonds is 5. The number of thiophene rings is 1. The van der Waals surface area contributed by atoms with Crippen molar-refractivity contribution in [3.8, 4) is 0 Å². The van der Waals surface area contributed by atoms with E-state index < -0.39 is 0 Å². The van der Waals surface area contributed by atoms with Gasteiger partial charge in [0, 0.05) is 29.7 Å². The normalized spacial score (nSPS) is 12.9. The minimum Gasteiger partial charge on any atom is -0.343 e. The first kappa shape index (κ1) is 13.4. The third-order valence-electron chi connectivity index (χ3n) is 3.84. The third-order valence-corrected chi connectivity index (χ3v) is 4.58. The Labute approximate surface area is 123 Å². The van der Waals surface area contributed by atoms with Crippen LogP contribution >= 0.6 is 11.3 Å². The Morgan fingerprint density at radius 3 is 2.90 bits per heavy atom. The highest BCUT2D eigenvalue weighted by Gasteiger charge is 2.08. The van der Waals surface area contributed by atoms with Crippen molar-refractivity contribution in [3.05, 3.63) is 58.4 Å². The van der Waals surface area contributed by atoms with E-state index >= 15 is 0 Å². The monoisotopic (exact) mass is 284 g/mol. The summed E-state index contributed by atoms with van der Waals surface area (Å²) in [4.78, 5) is 0. The first-order valence-corrected chi connectivity index (χ1v) is 8.05. The minimum absolute atomic E-state index is 0.251. The van der Waals surface area contributed by atoms with Crippen LogP contribution in [0.4, 0.5) is 0 Å². The number of nitrogens with two attached hydrogens (primary N) is 1. The summed E-state index contributed by atoms with van der Waals surface area (Å²) in [6.45, 7) is 3.09. The Bertz CT molecular complexity index is 682. The van der Waals surface area contributed by atoms with E-state index in [-0.39, 0.29) is 6.04 Å². The van der Waals surface area contributed by atoms with Crippen molar-refractivity contribution < 1.29 is 0 Å². The van der Waals surface area contributed by atoms with E-state index in [4.69, 9.17) is 5.73 Å². The summed E-state index contributed by atoms with van der Waals surface area (Å²) in [6, 6.07) is 11.2. The Morgan fingerprint density at radius 1 is 1.25 bits per heavy atom. The molecule has 104 valence electrons. The van der Waals surface area contributed by atoms with Gasteiger partial charge in [0.15, 0.2) is 0 Å². The van der Waals surface area contributed by atoms with Crippen molar-refractivity contribution in [1.82, 2.24) is 4.57 Å². The number of nitrogens with zero attached hydrogens (tertiary/aromatic N) is 1. The van der Waals surface area contributed by atoms with Crippen LogP contribution in [0, 0.1) is 0 Å². The maximum Gasteiger partial charge on any atom is 0.0486 e. The highest BCUT2D eigenvalue weighted by atomic mass is 32.1. The van der Waals surface area contributed by atoms with E-state index in [9.17, 15) is 0 Å². The van der Waals surface area contributed by atoms with Gasteiger partial charge in [-0.25, -0.2) is 0 Å². The smallest absolute Gasteiger partial charge is 0.0486 e. The second kappa shape index (κ2) is 5.81. The summed E-state index contributed by atoms with van der Waals surface area (Å²) >= 11 is 1.75. The summed E-state index contributed by atoms with van der Waals surface area (Å²) < 4.78 is 2.32. The van der Waals surface area contributed by atoms with Gasteiger partial charge in [-0.15, -0.1) is 0 Å². The lowest BCUT2D eigenvalue weighted by atomic mass is 10.0. The Morgan fingerprint density at radius 2 is 2.15 bits per heavy atom. The molecular formula is C17H20N2S. The predicted molar refractivity (Wildman–Crippen MR) is 87.3 cm³/mol. The van der Waals surface area contributed by atoms with Crippen LogP contribution in [-0.4, -0.2) is 10.6 Å². The molecule has 2 aromatic heterocycles. The maximum atomic E-state index is 6.11. The van der Waals surface area contributed by atoms with Gasteiger partial charge in [0.05, 0.1) is 0 Å². The zero-order chi connectivity index (χ0) is 13.9. The van der Waals surface area contributed by atoms with Gasteiger partial charge in [-0.1, -0.05) is 19.1 Å². The molecule has 0 amide bonds. The molecule has 3 heteroatoms. The van der Waals surface area contributed by atoms with Gasteiger partial charge in [-0.2, -0.15) is 11.3 Å². The summed E-state index contributed by atoms with van der Waals surface area (Å²) in [5, 5.41) is 5.68. The van der Waals surface area contributed by atoms with E-state index in [0.29, 0.717) is 0 Å². The Balaban J connectivity index is 1.94. The summed E-state index contributed by atoms with van der Waals surface area (Å²) in [6.07, 6.45) is 4.16. The van der Waals surface area contributed by atoms with E-state index in [1.54, 1.807) is 11.3 Å². The first-order chi connectivity index (χ1) is 9.78. The molecule has 3 aromatic rings. The van der Waals surface area contributed by atoms with Crippen LogP contribution < -0.4 is 5.73 Å². The summed E-state index contributed by atoms with van der Waals surface area (Å²) in [5.74, 6) is 0. The third kappa shape index (κ3) is 2.65. The Hall–Kier alpha value is -1.58. The molecule has 0 aliphatic rings. The molecule has 0 aliphatic carbocycles. The van der Waals surface area contributed by atoms with Crippen LogP contribution in [0.2, 0.25) is 0 Å². The lowest BCUT2D eigenvalue weighted by Gasteiger charge is -2.10. The van der Waals surface area contributed by atoms with Gasteiger partial charge in [0.1, 0.15) is 0 Å². The van der Waals surface area contributed by atoms with Crippen molar-refractivity contribution in [1.29, 1.82) is 0 Å². The molecule has 0 radical (unpaired) electrons. The molecule has 0 spiro atoms. The number of aromatic nitrogens is 1. The van der Waals surface area contributed by atoms with Crippen LogP contribution in [-0.2, 0) is 13.0 Å². The van der Waals surface area contributed by atoms with E-state index in [1.165, 1.54) is 22.0 Å². The van der Waals surface area contributed by atoms with Gasteiger partial charge in [-0.3, -0.25) is 0 Å². The largest absolute Gasteiger partial charge is 0.343 e. The van der Waals surface area contributed by atoms with Crippen molar-refractivity contribution in [2.45, 2.75) is 32.4 Å². The maximum absolute atomic E-state index is 6.11. The molecule has 20 heavy (non-hydrogen) atoms. The molecule has 1 unspecified atom stereocenters. The van der Waals surface area contributed by atoms with Crippen LogP contribution in [0.5, 0.6) is 0 Å². The average Bonchev–Trinajstić information content (AvgIpc) is 3.10. The molecule has 2 nitrogen and oxygen atoms in total. The molecule has 0 aliphatic heterocycles. The standard InChI is InChI=1S/C17H20N2S/c1-2-15(18)10-14-4-3-5-17-16(14)6-8-19(17)11-13-7-9-20-12-13/h3-9,12,15H,2,10-11,18H2,1H3. The lowest BCUT2D eigenvalue weighted by Crippen LogP contribution is -2.21. The van der Waals surface area contributed by atoms with Crippen molar-refractivity contribution in [3.63, 3.8) is 0 Å². The molecule has 0 fully saturated rings. The number of benzene rings is 1. The summed E-state index contributed by atoms with van der Waals surface area (Å²) in [7, 11) is 0. The number of fused-ring (bicyclic) bond motifs is 1. The first-order valence-electron chi connectivity index (χ1n) is 7.11. The number of hydrogen-bond acceptors (Lipinski definition) is 2. The minimum atomic E-state index is 0.251. The molecule has 0 saturated carbocycles. The fourth-order valence-electron chi connectivity index (χ4n) is 2.61. The van der Waals surface area contributed by atoms with E-state index in [2.05, 4.69) is 58.8 Å². The topological polar surface area (TPSA) is 30.9 Å². The zero-order valence-electron chi connectivity index (χ0n) is 11.8. The fourth-order valence-corrected chi connectivity index (χ4v) is 3.27. The molecule has 1 aromatic carbocycles. The lowest BCUT2D eigenvalue weighted by molar-refractivity contribution is 0.649. The van der Waals surface area contributed by atoms with Gasteiger partial charge < -0.3 is 10.3 Å². The molecule has 0 bridgehead atoms. The second-order valence-corrected chi connectivity index (χ2v) is 6.08. The second-order valence-electron chi connectivity index (χ2n) is 5.30. The van der Waals surface area contributed by atoms with E-state index in [0.717, 1.165) is 19.4 Å². The summed E-state index contributed by atoms with van der Waals surface area (Å²) in [5.41, 5.74) is 10.1. The molecule has 1 atom stereocenters. The highest BCUT2D eigenvalue weighted by Crippen LogP contribution is 2.23. The fraction of sp³-hybridized carbons (Fsp3) is 0.294. The van der Waals surface area contributed by atoms with Gasteiger partial charge in [0.25, 0.3) is 0 Å². The molecular weight excluding hydrogens is 264 g/mol. The SMILES string of the molecule is CCC(N)Cc1cccc2c1ccn2Cc1ccsc1. The van der Waals surface area contributed by atoms with Crippen molar-refractivity contribution in [2.24, 2.45) is 5.73 Å². The van der Waals surface area contributed by atoms with Crippen molar-refractivity contribution in [2.75, 3.05) is 0 Å². The molecule has 3 rings (SSSR count). The molecule has 0 saturated heterocycles. The van der Waals surface area contributed by atoms with Crippen LogP contribution in [0.1, 0.15) is 24.5 Å². The van der Waals surface area contributed by atoms with Gasteiger partial charge >= 0.3 is 0 Å². The molecule has 2 N–H and O–H groups in total. The zero-order valence-corrected chi connectivity index (χ0v) is 12.6. The average molecular weight is 284 g/mol. The Kier molecular flexibility index (Phi) is 3.90. The van der Waals surface area contributed by atoms with E-state index in [1.807, 2.05) is 0 Å². The van der Waals surface area contributed by atoms with Crippen LogP contribution in [0.3, 0.4) is 0 Å². The quantitative estimate of drug-likeness (QED) is 0.753. The van der Waals surface area contributed by atoms with Gasteiger partial charge in [0.2, 0.25) is 0 Å². The van der Waals surface area contributed by atoms with Crippen molar-refractivity contribution >= 4 is 22.2 Å². The predicted octanol–water partition coefficient (Wildman–Crippen LogP) is 4.03. The van der Waals surface area contributed by atoms with Gasteiger partial charge in [-0.05, 0) is 52.9 Å². The molecule has 2 heterocycles.